The average molecular weight is 464 g/mol. The molecule has 3 heterocycles. The van der Waals surface area contributed by atoms with Crippen molar-refractivity contribution < 1.29 is 13.2 Å². The van der Waals surface area contributed by atoms with Gasteiger partial charge in [-0.05, 0) is 52.2 Å². The summed E-state index contributed by atoms with van der Waals surface area (Å²) in [6, 6.07) is 11.8. The molecule has 0 aliphatic carbocycles. The first-order valence-electron chi connectivity index (χ1n) is 9.12. The van der Waals surface area contributed by atoms with Gasteiger partial charge >= 0.3 is 0 Å². The molecule has 148 valence electrons. The zero-order valence-electron chi connectivity index (χ0n) is 15.6. The van der Waals surface area contributed by atoms with Crippen molar-refractivity contribution in [3.05, 3.63) is 64.5 Å². The Bertz CT molecular complexity index is 1080. The van der Waals surface area contributed by atoms with Crippen LogP contribution in [-0.2, 0) is 22.9 Å². The zero-order chi connectivity index (χ0) is 19.7. The van der Waals surface area contributed by atoms with Crippen molar-refractivity contribution in [2.75, 3.05) is 18.6 Å². The molecule has 1 unspecified atom stereocenters. The van der Waals surface area contributed by atoms with Crippen molar-refractivity contribution in [3.63, 3.8) is 0 Å². The maximum Gasteiger partial charge on any atom is 0.151 e. The molecule has 6 nitrogen and oxygen atoms in total. The third kappa shape index (κ3) is 4.39. The van der Waals surface area contributed by atoms with E-state index in [2.05, 4.69) is 20.8 Å². The summed E-state index contributed by atoms with van der Waals surface area (Å²) in [6.45, 7) is 1.27. The summed E-state index contributed by atoms with van der Waals surface area (Å²) >= 11 is 3.48. The molecule has 0 amide bonds. The minimum absolute atomic E-state index is 0.00338. The third-order valence-corrected chi connectivity index (χ3v) is 7.32. The number of benzene rings is 1. The van der Waals surface area contributed by atoms with Gasteiger partial charge in [0.2, 0.25) is 0 Å². The van der Waals surface area contributed by atoms with Crippen LogP contribution in [0.4, 0.5) is 0 Å². The van der Waals surface area contributed by atoms with E-state index in [9.17, 15) is 8.42 Å². The van der Waals surface area contributed by atoms with Crippen molar-refractivity contribution in [2.45, 2.75) is 25.6 Å². The Hall–Kier alpha value is -1.90. The van der Waals surface area contributed by atoms with E-state index in [0.717, 1.165) is 27.1 Å². The number of hydrogen-bond donors (Lipinski definition) is 0. The van der Waals surface area contributed by atoms with Crippen LogP contribution in [0.15, 0.2) is 53.3 Å². The average Bonchev–Trinajstić information content (AvgIpc) is 3.23. The van der Waals surface area contributed by atoms with E-state index < -0.39 is 9.84 Å². The lowest BCUT2D eigenvalue weighted by Gasteiger charge is -2.27. The van der Waals surface area contributed by atoms with Gasteiger partial charge in [0.05, 0.1) is 24.3 Å². The predicted molar refractivity (Wildman–Crippen MR) is 112 cm³/mol. The number of sulfone groups is 1. The van der Waals surface area contributed by atoms with E-state index in [1.165, 1.54) is 0 Å². The lowest BCUT2D eigenvalue weighted by Crippen LogP contribution is -2.35. The first-order valence-corrected chi connectivity index (χ1v) is 11.7. The van der Waals surface area contributed by atoms with Crippen LogP contribution in [0.1, 0.15) is 17.7 Å². The standard InChI is InChI=1S/C20H22BrN3O3S/c1-27-19-5-2-15(3-6-19)10-23(18-8-9-28(25,26)14-18)12-17-13-24-11-16(21)4-7-20(24)22-17/h2-7,11,13,18H,8-10,12,14H2,1H3. The van der Waals surface area contributed by atoms with Crippen LogP contribution < -0.4 is 4.74 Å². The minimum Gasteiger partial charge on any atom is -0.497 e. The number of pyridine rings is 1. The second kappa shape index (κ2) is 7.85. The van der Waals surface area contributed by atoms with Gasteiger partial charge in [-0.2, -0.15) is 0 Å². The number of aromatic nitrogens is 2. The smallest absolute Gasteiger partial charge is 0.151 e. The Morgan fingerprint density at radius 1 is 1.18 bits per heavy atom. The van der Waals surface area contributed by atoms with Gasteiger partial charge in [0, 0.05) is 36.0 Å². The van der Waals surface area contributed by atoms with Gasteiger partial charge in [-0.15, -0.1) is 0 Å². The number of ether oxygens (including phenoxy) is 1. The van der Waals surface area contributed by atoms with Crippen LogP contribution in [0.25, 0.3) is 5.65 Å². The molecule has 1 saturated heterocycles. The van der Waals surface area contributed by atoms with Crippen LogP contribution in [0.5, 0.6) is 5.75 Å². The van der Waals surface area contributed by atoms with Gasteiger partial charge in [0.25, 0.3) is 0 Å². The van der Waals surface area contributed by atoms with E-state index >= 15 is 0 Å². The fraction of sp³-hybridized carbons (Fsp3) is 0.350. The number of nitrogens with zero attached hydrogens (tertiary/aromatic N) is 3. The van der Waals surface area contributed by atoms with Gasteiger partial charge < -0.3 is 9.14 Å². The Kier molecular flexibility index (Phi) is 5.44. The van der Waals surface area contributed by atoms with Crippen molar-refractivity contribution in [3.8, 4) is 5.75 Å². The van der Waals surface area contributed by atoms with Gasteiger partial charge in [-0.3, -0.25) is 4.90 Å². The van der Waals surface area contributed by atoms with E-state index in [0.29, 0.717) is 19.5 Å². The van der Waals surface area contributed by atoms with Crippen LogP contribution in [0.2, 0.25) is 0 Å². The van der Waals surface area contributed by atoms with E-state index in [1.54, 1.807) is 7.11 Å². The van der Waals surface area contributed by atoms with Gasteiger partial charge in [-0.1, -0.05) is 12.1 Å². The predicted octanol–water partition coefficient (Wildman–Crippen LogP) is 3.29. The molecular weight excluding hydrogens is 442 g/mol. The molecule has 1 aromatic carbocycles. The van der Waals surface area contributed by atoms with E-state index in [-0.39, 0.29) is 17.5 Å². The molecule has 0 spiro atoms. The van der Waals surface area contributed by atoms with E-state index in [4.69, 9.17) is 9.72 Å². The number of halogens is 1. The van der Waals surface area contributed by atoms with Crippen LogP contribution in [0, 0.1) is 0 Å². The third-order valence-electron chi connectivity index (χ3n) is 5.10. The quantitative estimate of drug-likeness (QED) is 0.560. The van der Waals surface area contributed by atoms with Gasteiger partial charge in [0.1, 0.15) is 11.4 Å². The van der Waals surface area contributed by atoms with Crippen molar-refractivity contribution in [1.82, 2.24) is 14.3 Å². The normalized spacial score (nSPS) is 18.8. The molecule has 0 N–H and O–H groups in total. The highest BCUT2D eigenvalue weighted by Gasteiger charge is 2.32. The van der Waals surface area contributed by atoms with Crippen molar-refractivity contribution >= 4 is 31.4 Å². The topological polar surface area (TPSA) is 63.9 Å². The summed E-state index contributed by atoms with van der Waals surface area (Å²) in [5.74, 6) is 1.28. The second-order valence-electron chi connectivity index (χ2n) is 7.15. The minimum atomic E-state index is -2.96. The molecule has 3 aromatic rings. The molecule has 1 fully saturated rings. The molecule has 0 bridgehead atoms. The summed E-state index contributed by atoms with van der Waals surface area (Å²) in [5, 5.41) is 0. The Labute approximate surface area is 173 Å². The highest BCUT2D eigenvalue weighted by atomic mass is 79.9. The van der Waals surface area contributed by atoms with Crippen molar-refractivity contribution in [1.29, 1.82) is 0 Å². The first-order chi connectivity index (χ1) is 13.4. The molecule has 2 aromatic heterocycles. The Morgan fingerprint density at radius 2 is 1.96 bits per heavy atom. The molecule has 1 aliphatic rings. The first kappa shape index (κ1) is 19.4. The second-order valence-corrected chi connectivity index (χ2v) is 10.3. The fourth-order valence-electron chi connectivity index (χ4n) is 3.64. The summed E-state index contributed by atoms with van der Waals surface area (Å²) in [5.41, 5.74) is 2.93. The van der Waals surface area contributed by atoms with Gasteiger partial charge in [0.15, 0.2) is 9.84 Å². The molecule has 1 aliphatic heterocycles. The summed E-state index contributed by atoms with van der Waals surface area (Å²) in [7, 11) is -1.31. The molecule has 28 heavy (non-hydrogen) atoms. The summed E-state index contributed by atoms with van der Waals surface area (Å²) in [6.07, 6.45) is 4.64. The number of rotatable bonds is 6. The molecule has 4 rings (SSSR count). The van der Waals surface area contributed by atoms with E-state index in [1.807, 2.05) is 53.2 Å². The lowest BCUT2D eigenvalue weighted by molar-refractivity contribution is 0.192. The van der Waals surface area contributed by atoms with Crippen LogP contribution in [-0.4, -0.2) is 47.4 Å². The number of fused-ring (bicyclic) bond motifs is 1. The molecular formula is C20H22BrN3O3S. The highest BCUT2D eigenvalue weighted by Crippen LogP contribution is 2.23. The largest absolute Gasteiger partial charge is 0.497 e. The molecule has 0 radical (unpaired) electrons. The number of hydrogen-bond acceptors (Lipinski definition) is 5. The Morgan fingerprint density at radius 3 is 2.64 bits per heavy atom. The van der Waals surface area contributed by atoms with Crippen molar-refractivity contribution in [2.24, 2.45) is 0 Å². The number of imidazole rings is 1. The summed E-state index contributed by atoms with van der Waals surface area (Å²) in [4.78, 5) is 6.93. The molecule has 1 atom stereocenters. The molecule has 0 saturated carbocycles. The highest BCUT2D eigenvalue weighted by molar-refractivity contribution is 9.10. The monoisotopic (exact) mass is 463 g/mol. The molecule has 8 heteroatoms. The fourth-order valence-corrected chi connectivity index (χ4v) is 5.76. The number of methoxy groups -OCH3 is 1. The lowest BCUT2D eigenvalue weighted by atomic mass is 10.1. The van der Waals surface area contributed by atoms with Crippen LogP contribution in [0.3, 0.4) is 0 Å². The SMILES string of the molecule is COc1ccc(CN(Cc2cn3cc(Br)ccc3n2)C2CCS(=O)(=O)C2)cc1. The zero-order valence-corrected chi connectivity index (χ0v) is 18.0. The maximum atomic E-state index is 12.0. The van der Waals surface area contributed by atoms with Crippen LogP contribution >= 0.6 is 15.9 Å². The maximum absolute atomic E-state index is 12.0. The van der Waals surface area contributed by atoms with Gasteiger partial charge in [-0.25, -0.2) is 13.4 Å². The Balaban J connectivity index is 1.59. The summed E-state index contributed by atoms with van der Waals surface area (Å²) < 4.78 is 32.3.